The van der Waals surface area contributed by atoms with Crippen molar-refractivity contribution in [3.8, 4) is 0 Å². The molecular formula is C31H38ClN3O. The number of nitrogens with one attached hydrogen (secondary N) is 1. The molecule has 190 valence electrons. The standard InChI is InChI=1S/C31H37N3O.ClH/c1-32(25-26-15-5-2-6-16-26)34-29-20-10-9-19-28(29)31(30(34)35,27-17-7-3-8-18-27)21-11-14-24-33-22-12-4-13-23-33;/h2-3,5-10,15-20H,4,11-14,21-25H2,1H3;1H. The van der Waals surface area contributed by atoms with Gasteiger partial charge in [0.25, 0.3) is 5.91 Å². The number of hydrazine groups is 1. The summed E-state index contributed by atoms with van der Waals surface area (Å²) >= 11 is 0. The Morgan fingerprint density at radius 1 is 0.833 bits per heavy atom. The summed E-state index contributed by atoms with van der Waals surface area (Å²) in [5.41, 5.74) is 3.82. The minimum absolute atomic E-state index is 0. The SMILES string of the molecule is CN(Cc1ccccc1)N1C(=O)C(CCCC[NH+]2CCCCC2)(c2ccccc2)c2ccccc21.[Cl-]. The van der Waals surface area contributed by atoms with Gasteiger partial charge in [-0.1, -0.05) is 78.9 Å². The lowest BCUT2D eigenvalue weighted by Gasteiger charge is -2.33. The lowest BCUT2D eigenvalue weighted by atomic mass is 9.72. The third kappa shape index (κ3) is 5.22. The zero-order valence-electron chi connectivity index (χ0n) is 21.3. The number of rotatable bonds is 9. The first-order chi connectivity index (χ1) is 17.2. The normalized spacial score (nSPS) is 19.8. The summed E-state index contributed by atoms with van der Waals surface area (Å²) in [5.74, 6) is 0.175. The monoisotopic (exact) mass is 503 g/mol. The number of carbonyl (C=O) groups is 1. The molecule has 5 heteroatoms. The van der Waals surface area contributed by atoms with Crippen molar-refractivity contribution in [3.05, 3.63) is 102 Å². The van der Waals surface area contributed by atoms with E-state index in [1.54, 1.807) is 4.90 Å². The molecule has 3 aromatic carbocycles. The molecule has 2 aliphatic rings. The van der Waals surface area contributed by atoms with Crippen LogP contribution < -0.4 is 22.3 Å². The Labute approximate surface area is 222 Å². The molecule has 1 fully saturated rings. The van der Waals surface area contributed by atoms with Gasteiger partial charge in [0.15, 0.2) is 0 Å². The highest BCUT2D eigenvalue weighted by atomic mass is 35.5. The van der Waals surface area contributed by atoms with E-state index in [2.05, 4.69) is 77.8 Å². The van der Waals surface area contributed by atoms with Gasteiger partial charge in [0, 0.05) is 13.6 Å². The third-order valence-corrected chi connectivity index (χ3v) is 7.90. The van der Waals surface area contributed by atoms with Crippen LogP contribution >= 0.6 is 0 Å². The van der Waals surface area contributed by atoms with Crippen LogP contribution in [0.25, 0.3) is 0 Å². The second-order valence-corrected chi connectivity index (χ2v) is 10.2. The van der Waals surface area contributed by atoms with Crippen LogP contribution in [0.15, 0.2) is 84.9 Å². The van der Waals surface area contributed by atoms with Crippen LogP contribution in [0.4, 0.5) is 5.69 Å². The van der Waals surface area contributed by atoms with Gasteiger partial charge in [-0.05, 0) is 61.3 Å². The zero-order valence-corrected chi connectivity index (χ0v) is 22.1. The van der Waals surface area contributed by atoms with Gasteiger partial charge < -0.3 is 17.3 Å². The summed E-state index contributed by atoms with van der Waals surface area (Å²) in [6, 6.07) is 29.3. The van der Waals surface area contributed by atoms with Crippen molar-refractivity contribution in [1.82, 2.24) is 5.01 Å². The topological polar surface area (TPSA) is 28.0 Å². The number of anilines is 1. The maximum absolute atomic E-state index is 14.5. The van der Waals surface area contributed by atoms with Crippen LogP contribution in [0.5, 0.6) is 0 Å². The molecule has 2 heterocycles. The molecule has 0 bridgehead atoms. The molecule has 2 aliphatic heterocycles. The van der Waals surface area contributed by atoms with Crippen molar-refractivity contribution < 1.29 is 22.1 Å². The smallest absolute Gasteiger partial charge is 0.256 e. The maximum Gasteiger partial charge on any atom is 0.256 e. The summed E-state index contributed by atoms with van der Waals surface area (Å²) in [5, 5.41) is 4.02. The van der Waals surface area contributed by atoms with Crippen LogP contribution in [-0.2, 0) is 16.8 Å². The van der Waals surface area contributed by atoms with Crippen molar-refractivity contribution in [3.63, 3.8) is 0 Å². The lowest BCUT2D eigenvalue weighted by molar-refractivity contribution is -0.905. The summed E-state index contributed by atoms with van der Waals surface area (Å²) in [6.07, 6.45) is 7.16. The van der Waals surface area contributed by atoms with Crippen molar-refractivity contribution in [2.24, 2.45) is 0 Å². The van der Waals surface area contributed by atoms with Crippen LogP contribution in [0.1, 0.15) is 55.2 Å². The molecule has 1 amide bonds. The molecule has 1 atom stereocenters. The molecular weight excluding hydrogens is 466 g/mol. The maximum atomic E-state index is 14.5. The number of piperidine rings is 1. The quantitative estimate of drug-likeness (QED) is 0.449. The number of hydrogen-bond donors (Lipinski definition) is 1. The summed E-state index contributed by atoms with van der Waals surface area (Å²) in [4.78, 5) is 16.2. The number of halogens is 1. The molecule has 5 rings (SSSR count). The predicted molar refractivity (Wildman–Crippen MR) is 142 cm³/mol. The summed E-state index contributed by atoms with van der Waals surface area (Å²) in [6.45, 7) is 4.52. The zero-order chi connectivity index (χ0) is 24.1. The molecule has 0 spiro atoms. The minimum atomic E-state index is -0.639. The van der Waals surface area contributed by atoms with E-state index in [9.17, 15) is 4.79 Å². The number of fused-ring (bicyclic) bond motifs is 1. The number of benzene rings is 3. The number of quaternary nitrogens is 1. The number of carbonyl (C=O) groups excluding carboxylic acids is 1. The molecule has 1 saturated heterocycles. The third-order valence-electron chi connectivity index (χ3n) is 7.90. The summed E-state index contributed by atoms with van der Waals surface area (Å²) < 4.78 is 0. The predicted octanol–water partition coefficient (Wildman–Crippen LogP) is 1.61. The Balaban J connectivity index is 0.00000304. The number of para-hydroxylation sites is 1. The Kier molecular flexibility index (Phi) is 8.84. The van der Waals surface area contributed by atoms with E-state index in [0.717, 1.165) is 29.7 Å². The number of unbranched alkanes of at least 4 members (excludes halogenated alkanes) is 1. The average Bonchev–Trinajstić information content (AvgIpc) is 3.17. The van der Waals surface area contributed by atoms with Gasteiger partial charge in [0.2, 0.25) is 0 Å². The molecule has 0 radical (unpaired) electrons. The van der Waals surface area contributed by atoms with Crippen molar-refractivity contribution >= 4 is 11.6 Å². The van der Waals surface area contributed by atoms with E-state index >= 15 is 0 Å². The average molecular weight is 504 g/mol. The van der Waals surface area contributed by atoms with Gasteiger partial charge in [-0.15, -0.1) is 0 Å². The number of nitrogens with zero attached hydrogens (tertiary/aromatic N) is 2. The molecule has 4 nitrogen and oxygen atoms in total. The van der Waals surface area contributed by atoms with Gasteiger partial charge >= 0.3 is 0 Å². The van der Waals surface area contributed by atoms with E-state index in [4.69, 9.17) is 0 Å². The molecule has 36 heavy (non-hydrogen) atoms. The highest BCUT2D eigenvalue weighted by Gasteiger charge is 2.52. The largest absolute Gasteiger partial charge is 1.00 e. The van der Waals surface area contributed by atoms with Crippen LogP contribution in [0.3, 0.4) is 0 Å². The Morgan fingerprint density at radius 3 is 2.19 bits per heavy atom. The van der Waals surface area contributed by atoms with Gasteiger partial charge in [-0.2, -0.15) is 0 Å². The van der Waals surface area contributed by atoms with Gasteiger partial charge in [-0.25, -0.2) is 10.0 Å². The fourth-order valence-electron chi connectivity index (χ4n) is 6.14. The Morgan fingerprint density at radius 2 is 1.47 bits per heavy atom. The van der Waals surface area contributed by atoms with E-state index in [0.29, 0.717) is 6.54 Å². The molecule has 0 aromatic heterocycles. The first kappa shape index (κ1) is 26.4. The first-order valence-electron chi connectivity index (χ1n) is 13.3. The molecule has 0 saturated carbocycles. The number of hydrogen-bond acceptors (Lipinski definition) is 2. The molecule has 0 aliphatic carbocycles. The van der Waals surface area contributed by atoms with Gasteiger partial charge in [-0.3, -0.25) is 4.79 Å². The van der Waals surface area contributed by atoms with Gasteiger partial charge in [0.05, 0.1) is 25.3 Å². The number of likely N-dealkylation sites (tertiary alicyclic amines) is 1. The van der Waals surface area contributed by atoms with E-state index in [1.807, 2.05) is 24.2 Å². The van der Waals surface area contributed by atoms with Crippen molar-refractivity contribution in [2.45, 2.75) is 50.5 Å². The van der Waals surface area contributed by atoms with Crippen LogP contribution in [0.2, 0.25) is 0 Å². The second kappa shape index (κ2) is 12.1. The van der Waals surface area contributed by atoms with E-state index in [1.165, 1.54) is 50.9 Å². The van der Waals surface area contributed by atoms with Crippen LogP contribution in [0, 0.1) is 0 Å². The van der Waals surface area contributed by atoms with Gasteiger partial charge in [0.1, 0.15) is 5.41 Å². The fourth-order valence-corrected chi connectivity index (χ4v) is 6.14. The van der Waals surface area contributed by atoms with Crippen molar-refractivity contribution in [1.29, 1.82) is 0 Å². The molecule has 1 unspecified atom stereocenters. The molecule has 1 N–H and O–H groups in total. The number of amides is 1. The highest BCUT2D eigenvalue weighted by molar-refractivity contribution is 6.09. The van der Waals surface area contributed by atoms with E-state index < -0.39 is 5.41 Å². The first-order valence-corrected chi connectivity index (χ1v) is 13.3. The summed E-state index contributed by atoms with van der Waals surface area (Å²) in [7, 11) is 2.03. The van der Waals surface area contributed by atoms with E-state index in [-0.39, 0.29) is 18.3 Å². The fraction of sp³-hybridized carbons (Fsp3) is 0.387. The second-order valence-electron chi connectivity index (χ2n) is 10.2. The van der Waals surface area contributed by atoms with Crippen LogP contribution in [-0.4, -0.2) is 37.6 Å². The minimum Gasteiger partial charge on any atom is -1.00 e. The Bertz CT molecular complexity index is 1120. The molecule has 3 aromatic rings. The Hall–Kier alpha value is -2.66. The lowest BCUT2D eigenvalue weighted by Crippen LogP contribution is -3.12. The highest BCUT2D eigenvalue weighted by Crippen LogP contribution is 2.49. The van der Waals surface area contributed by atoms with Crippen molar-refractivity contribution in [2.75, 3.05) is 31.7 Å².